The number of morpholine rings is 1. The van der Waals surface area contributed by atoms with Crippen LogP contribution in [0.4, 0.5) is 13.2 Å². The molecule has 1 aliphatic heterocycles. The highest BCUT2D eigenvalue weighted by Gasteiger charge is 2.43. The summed E-state index contributed by atoms with van der Waals surface area (Å²) in [7, 11) is 0. The topological polar surface area (TPSA) is 65.8 Å². The highest BCUT2D eigenvalue weighted by molar-refractivity contribution is 9.10. The van der Waals surface area contributed by atoms with Gasteiger partial charge in [-0.25, -0.2) is 9.78 Å². The summed E-state index contributed by atoms with van der Waals surface area (Å²) in [5.41, 5.74) is 2.15. The SMILES string of the molecule is O=C(On1c(-c2ccccc2)c(-c2ccc(OCCN3CCOCC3)cc2)c2cc(Br)cnc21)C(F)(F)F. The molecular formula is C27H23BrF3N3O4. The molecule has 1 aliphatic rings. The molecule has 5 rings (SSSR count). The molecule has 0 radical (unpaired) electrons. The summed E-state index contributed by atoms with van der Waals surface area (Å²) in [6, 6.07) is 17.7. The number of rotatable bonds is 7. The third-order valence-electron chi connectivity index (χ3n) is 6.11. The largest absolute Gasteiger partial charge is 0.493 e. The highest BCUT2D eigenvalue weighted by atomic mass is 79.9. The molecule has 7 nitrogen and oxygen atoms in total. The van der Waals surface area contributed by atoms with Crippen LogP contribution in [0.3, 0.4) is 0 Å². The average molecular weight is 590 g/mol. The molecule has 4 aromatic rings. The number of pyridine rings is 1. The Kier molecular flexibility index (Phi) is 7.68. The average Bonchev–Trinajstić information content (AvgIpc) is 3.22. The summed E-state index contributed by atoms with van der Waals surface area (Å²) in [5.74, 6) is -1.68. The van der Waals surface area contributed by atoms with Crippen molar-refractivity contribution in [3.63, 3.8) is 0 Å². The van der Waals surface area contributed by atoms with Crippen molar-refractivity contribution in [1.82, 2.24) is 14.6 Å². The van der Waals surface area contributed by atoms with Gasteiger partial charge in [-0.3, -0.25) is 4.90 Å². The van der Waals surface area contributed by atoms with E-state index in [1.807, 2.05) is 12.1 Å². The van der Waals surface area contributed by atoms with Crippen molar-refractivity contribution in [3.8, 4) is 28.1 Å². The fourth-order valence-electron chi connectivity index (χ4n) is 4.32. The fourth-order valence-corrected chi connectivity index (χ4v) is 4.65. The van der Waals surface area contributed by atoms with Gasteiger partial charge in [0, 0.05) is 46.8 Å². The molecule has 3 heterocycles. The number of nitrogens with zero attached hydrogens (tertiary/aromatic N) is 3. The summed E-state index contributed by atoms with van der Waals surface area (Å²) in [6.07, 6.45) is -3.75. The molecular weight excluding hydrogens is 567 g/mol. The van der Waals surface area contributed by atoms with Gasteiger partial charge in [-0.2, -0.15) is 17.9 Å². The minimum Gasteiger partial charge on any atom is -0.492 e. The summed E-state index contributed by atoms with van der Waals surface area (Å²) in [5, 5.41) is 0.509. The quantitative estimate of drug-likeness (QED) is 0.289. The van der Waals surface area contributed by atoms with Crippen molar-refractivity contribution < 1.29 is 32.3 Å². The standard InChI is InChI=1S/C27H23BrF3N3O4/c28-20-16-22-23(18-6-8-21(9-7-18)37-15-12-33-10-13-36-14-11-33)24(19-4-2-1-3-5-19)34(25(22)32-17-20)38-26(35)27(29,30)31/h1-9,16-17H,10-15H2. The van der Waals surface area contributed by atoms with E-state index >= 15 is 0 Å². The molecule has 1 saturated heterocycles. The van der Waals surface area contributed by atoms with Gasteiger partial charge in [0.25, 0.3) is 0 Å². The number of carbonyl (C=O) groups excluding carboxylic acids is 1. The molecule has 2 aromatic heterocycles. The van der Waals surface area contributed by atoms with Gasteiger partial charge < -0.3 is 14.3 Å². The second-order valence-electron chi connectivity index (χ2n) is 8.61. The Balaban J connectivity index is 1.54. The van der Waals surface area contributed by atoms with Crippen molar-refractivity contribution in [2.24, 2.45) is 0 Å². The zero-order chi connectivity index (χ0) is 26.7. The molecule has 2 aromatic carbocycles. The third-order valence-corrected chi connectivity index (χ3v) is 6.54. The number of alkyl halides is 3. The van der Waals surface area contributed by atoms with Crippen molar-refractivity contribution in [2.75, 3.05) is 39.5 Å². The minimum atomic E-state index is -5.18. The number of aromatic nitrogens is 2. The Morgan fingerprint density at radius 1 is 1.03 bits per heavy atom. The second kappa shape index (κ2) is 11.1. The normalized spacial score (nSPS) is 14.5. The molecule has 0 spiro atoms. The molecule has 198 valence electrons. The third kappa shape index (κ3) is 5.69. The van der Waals surface area contributed by atoms with Gasteiger partial charge in [0.15, 0.2) is 5.65 Å². The summed E-state index contributed by atoms with van der Waals surface area (Å²) >= 11 is 3.39. The number of hydrogen-bond acceptors (Lipinski definition) is 6. The van der Waals surface area contributed by atoms with Gasteiger partial charge in [-0.15, -0.1) is 0 Å². The highest BCUT2D eigenvalue weighted by Crippen LogP contribution is 2.41. The molecule has 11 heteroatoms. The number of carbonyl (C=O) groups is 1. The van der Waals surface area contributed by atoms with E-state index in [0.717, 1.165) is 37.6 Å². The zero-order valence-electron chi connectivity index (χ0n) is 20.1. The molecule has 0 saturated carbocycles. The van der Waals surface area contributed by atoms with Gasteiger partial charge >= 0.3 is 12.1 Å². The van der Waals surface area contributed by atoms with Gasteiger partial charge in [0.05, 0.1) is 18.9 Å². The van der Waals surface area contributed by atoms with Gasteiger partial charge in [0.1, 0.15) is 12.4 Å². The van der Waals surface area contributed by atoms with Crippen LogP contribution in [0.15, 0.2) is 71.3 Å². The zero-order valence-corrected chi connectivity index (χ0v) is 21.7. The summed E-state index contributed by atoms with van der Waals surface area (Å²) in [6.45, 7) is 4.47. The van der Waals surface area contributed by atoms with Crippen LogP contribution >= 0.6 is 15.9 Å². The number of fused-ring (bicyclic) bond motifs is 1. The molecule has 0 N–H and O–H groups in total. The maximum absolute atomic E-state index is 13.2. The van der Waals surface area contributed by atoms with Crippen LogP contribution in [-0.2, 0) is 9.53 Å². The number of benzene rings is 2. The lowest BCUT2D eigenvalue weighted by Gasteiger charge is -2.26. The van der Waals surface area contributed by atoms with Crippen LogP contribution in [0.1, 0.15) is 0 Å². The Bertz CT molecular complexity index is 1420. The Morgan fingerprint density at radius 2 is 1.74 bits per heavy atom. The summed E-state index contributed by atoms with van der Waals surface area (Å²) in [4.78, 5) is 23.3. The maximum atomic E-state index is 13.2. The Labute approximate surface area is 224 Å². The minimum absolute atomic E-state index is 0.0745. The smallest absolute Gasteiger partial charge is 0.492 e. The molecule has 0 amide bonds. The van der Waals surface area contributed by atoms with Gasteiger partial charge in [0.2, 0.25) is 0 Å². The predicted molar refractivity (Wildman–Crippen MR) is 139 cm³/mol. The van der Waals surface area contributed by atoms with E-state index in [9.17, 15) is 18.0 Å². The van der Waals surface area contributed by atoms with Crippen molar-refractivity contribution in [2.45, 2.75) is 6.18 Å². The van der Waals surface area contributed by atoms with Crippen LogP contribution in [0.25, 0.3) is 33.4 Å². The first kappa shape index (κ1) is 26.2. The predicted octanol–water partition coefficient (Wildman–Crippen LogP) is 5.36. The summed E-state index contributed by atoms with van der Waals surface area (Å²) < 4.78 is 52.3. The lowest BCUT2D eigenvalue weighted by atomic mass is 9.99. The van der Waals surface area contributed by atoms with E-state index in [0.29, 0.717) is 38.9 Å². The van der Waals surface area contributed by atoms with Crippen molar-refractivity contribution in [1.29, 1.82) is 0 Å². The van der Waals surface area contributed by atoms with E-state index in [2.05, 4.69) is 25.8 Å². The van der Waals surface area contributed by atoms with E-state index in [1.165, 1.54) is 6.20 Å². The lowest BCUT2D eigenvalue weighted by Crippen LogP contribution is -2.38. The fraction of sp³-hybridized carbons (Fsp3) is 0.259. The number of ether oxygens (including phenoxy) is 2. The van der Waals surface area contributed by atoms with Crippen LogP contribution in [0.5, 0.6) is 5.75 Å². The van der Waals surface area contributed by atoms with E-state index < -0.39 is 12.1 Å². The first-order valence-electron chi connectivity index (χ1n) is 11.9. The first-order valence-corrected chi connectivity index (χ1v) is 12.7. The number of hydrogen-bond donors (Lipinski definition) is 0. The molecule has 38 heavy (non-hydrogen) atoms. The monoisotopic (exact) mass is 589 g/mol. The van der Waals surface area contributed by atoms with E-state index in [1.54, 1.807) is 48.5 Å². The molecule has 0 atom stereocenters. The molecule has 0 unspecified atom stereocenters. The Hall–Kier alpha value is -3.41. The maximum Gasteiger partial charge on any atom is 0.493 e. The second-order valence-corrected chi connectivity index (χ2v) is 9.53. The van der Waals surface area contributed by atoms with Crippen LogP contribution in [0.2, 0.25) is 0 Å². The van der Waals surface area contributed by atoms with E-state index in [-0.39, 0.29) is 11.3 Å². The molecule has 0 bridgehead atoms. The van der Waals surface area contributed by atoms with E-state index in [4.69, 9.17) is 14.3 Å². The van der Waals surface area contributed by atoms with Crippen LogP contribution in [-0.4, -0.2) is 66.2 Å². The van der Waals surface area contributed by atoms with Crippen molar-refractivity contribution in [3.05, 3.63) is 71.3 Å². The number of halogens is 4. The van der Waals surface area contributed by atoms with Gasteiger partial charge in [-0.05, 0) is 39.7 Å². The van der Waals surface area contributed by atoms with Crippen molar-refractivity contribution >= 4 is 32.9 Å². The van der Waals surface area contributed by atoms with Crippen LogP contribution in [0, 0.1) is 0 Å². The first-order chi connectivity index (χ1) is 18.3. The molecule has 1 fully saturated rings. The molecule has 0 aliphatic carbocycles. The van der Waals surface area contributed by atoms with Crippen LogP contribution < -0.4 is 9.57 Å². The lowest BCUT2D eigenvalue weighted by molar-refractivity contribution is -0.199. The van der Waals surface area contributed by atoms with Gasteiger partial charge in [-0.1, -0.05) is 42.5 Å². The Morgan fingerprint density at radius 3 is 2.42 bits per heavy atom.